The van der Waals surface area contributed by atoms with Gasteiger partial charge in [-0.1, -0.05) is 17.8 Å². The summed E-state index contributed by atoms with van der Waals surface area (Å²) in [5.41, 5.74) is 0.220. The Balaban J connectivity index is 2.21. The van der Waals surface area contributed by atoms with Crippen molar-refractivity contribution in [1.29, 1.82) is 0 Å². The minimum atomic E-state index is -0.973. The monoisotopic (exact) mass is 249 g/mol. The highest BCUT2D eigenvalue weighted by molar-refractivity contribution is 7.99. The Hall–Kier alpha value is -1.88. The van der Waals surface area contributed by atoms with Crippen molar-refractivity contribution in [2.45, 2.75) is 9.92 Å². The number of aromatic carboxylic acids is 1. The molecule has 1 aromatic heterocycles. The molecule has 5 heteroatoms. The Labute approximate surface area is 101 Å². The summed E-state index contributed by atoms with van der Waals surface area (Å²) in [4.78, 5) is 15.4. The first-order chi connectivity index (χ1) is 8.15. The molecule has 0 aliphatic rings. The molecular formula is C12H8FNO2S. The smallest absolute Gasteiger partial charge is 0.335 e. The molecule has 2 aromatic rings. The highest BCUT2D eigenvalue weighted by atomic mass is 32.2. The summed E-state index contributed by atoms with van der Waals surface area (Å²) in [5, 5.41) is 9.46. The summed E-state index contributed by atoms with van der Waals surface area (Å²) < 4.78 is 12.6. The summed E-state index contributed by atoms with van der Waals surface area (Å²) >= 11 is 1.29. The van der Waals surface area contributed by atoms with Gasteiger partial charge in [-0.05, 0) is 30.3 Å². The van der Waals surface area contributed by atoms with Gasteiger partial charge in [-0.15, -0.1) is 0 Å². The van der Waals surface area contributed by atoms with Crippen molar-refractivity contribution in [3.8, 4) is 0 Å². The number of aromatic nitrogens is 1. The molecule has 0 bridgehead atoms. The maximum Gasteiger partial charge on any atom is 0.335 e. The molecule has 1 heterocycles. The third-order valence-electron chi connectivity index (χ3n) is 2.00. The van der Waals surface area contributed by atoms with E-state index >= 15 is 0 Å². The predicted octanol–water partition coefficient (Wildman–Crippen LogP) is 3.07. The minimum Gasteiger partial charge on any atom is -0.478 e. The molecule has 3 nitrogen and oxygen atoms in total. The topological polar surface area (TPSA) is 50.2 Å². The average Bonchev–Trinajstić information content (AvgIpc) is 2.32. The number of pyridine rings is 1. The number of carboxylic acids is 1. The number of halogens is 1. The zero-order chi connectivity index (χ0) is 12.3. The van der Waals surface area contributed by atoms with E-state index in [0.29, 0.717) is 5.03 Å². The van der Waals surface area contributed by atoms with Gasteiger partial charge in [-0.3, -0.25) is 0 Å². The predicted molar refractivity (Wildman–Crippen MR) is 61.7 cm³/mol. The molecule has 0 saturated heterocycles. The lowest BCUT2D eigenvalue weighted by Gasteiger charge is -2.01. The molecule has 0 saturated carbocycles. The highest BCUT2D eigenvalue weighted by Crippen LogP contribution is 2.26. The number of carbonyl (C=O) groups is 1. The van der Waals surface area contributed by atoms with Gasteiger partial charge < -0.3 is 5.11 Å². The second kappa shape index (κ2) is 4.97. The van der Waals surface area contributed by atoms with Gasteiger partial charge in [0.05, 0.1) is 11.8 Å². The second-order valence-electron chi connectivity index (χ2n) is 3.25. The first kappa shape index (κ1) is 11.6. The lowest BCUT2D eigenvalue weighted by Crippen LogP contribution is -1.95. The van der Waals surface area contributed by atoms with E-state index < -0.39 is 11.8 Å². The van der Waals surface area contributed by atoms with Crippen LogP contribution in [0, 0.1) is 5.82 Å². The van der Waals surface area contributed by atoms with Crippen LogP contribution >= 0.6 is 11.8 Å². The van der Waals surface area contributed by atoms with E-state index in [1.165, 1.54) is 23.9 Å². The fraction of sp³-hybridized carbons (Fsp3) is 0. The standard InChI is InChI=1S/C12H8FNO2S/c13-9-4-5-11(14-7-9)17-10-3-1-2-8(6-10)12(15)16/h1-7H,(H,15,16). The third-order valence-corrected chi connectivity index (χ3v) is 2.94. The lowest BCUT2D eigenvalue weighted by molar-refractivity contribution is 0.0696. The Morgan fingerprint density at radius 2 is 2.12 bits per heavy atom. The molecule has 86 valence electrons. The summed E-state index contributed by atoms with van der Waals surface area (Å²) in [6, 6.07) is 9.38. The second-order valence-corrected chi connectivity index (χ2v) is 4.34. The molecule has 0 spiro atoms. The van der Waals surface area contributed by atoms with E-state index in [1.807, 2.05) is 0 Å². The molecule has 0 fully saturated rings. The number of nitrogens with zero attached hydrogens (tertiary/aromatic N) is 1. The van der Waals surface area contributed by atoms with Crippen molar-refractivity contribution in [1.82, 2.24) is 4.98 Å². The normalized spacial score (nSPS) is 10.2. The average molecular weight is 249 g/mol. The van der Waals surface area contributed by atoms with E-state index in [4.69, 9.17) is 5.11 Å². The molecule has 0 radical (unpaired) electrons. The zero-order valence-corrected chi connectivity index (χ0v) is 9.45. The van der Waals surface area contributed by atoms with Gasteiger partial charge in [0, 0.05) is 4.90 Å². The van der Waals surface area contributed by atoms with Crippen LogP contribution in [0.15, 0.2) is 52.5 Å². The van der Waals surface area contributed by atoms with Crippen LogP contribution in [0.1, 0.15) is 10.4 Å². The van der Waals surface area contributed by atoms with Crippen LogP contribution < -0.4 is 0 Å². The van der Waals surface area contributed by atoms with Gasteiger partial charge >= 0.3 is 5.97 Å². The van der Waals surface area contributed by atoms with E-state index in [0.717, 1.165) is 11.1 Å². The zero-order valence-electron chi connectivity index (χ0n) is 8.63. The van der Waals surface area contributed by atoms with E-state index in [-0.39, 0.29) is 5.56 Å². The maximum atomic E-state index is 12.6. The van der Waals surface area contributed by atoms with Crippen LogP contribution in [-0.2, 0) is 0 Å². The third kappa shape index (κ3) is 3.04. The van der Waals surface area contributed by atoms with E-state index in [9.17, 15) is 9.18 Å². The van der Waals surface area contributed by atoms with Crippen molar-refractivity contribution in [3.05, 3.63) is 54.0 Å². The number of benzene rings is 1. The molecule has 0 unspecified atom stereocenters. The van der Waals surface area contributed by atoms with Crippen LogP contribution in [-0.4, -0.2) is 16.1 Å². The Morgan fingerprint density at radius 1 is 1.29 bits per heavy atom. The Kier molecular flexibility index (Phi) is 3.39. The molecular weight excluding hydrogens is 241 g/mol. The number of hydrogen-bond acceptors (Lipinski definition) is 3. The fourth-order valence-electron chi connectivity index (χ4n) is 1.24. The van der Waals surface area contributed by atoms with Crippen molar-refractivity contribution in [2.75, 3.05) is 0 Å². The van der Waals surface area contributed by atoms with Crippen LogP contribution in [0.5, 0.6) is 0 Å². The van der Waals surface area contributed by atoms with E-state index in [2.05, 4.69) is 4.98 Å². The molecule has 0 aliphatic carbocycles. The summed E-state index contributed by atoms with van der Waals surface area (Å²) in [6.07, 6.45) is 1.13. The fourth-order valence-corrected chi connectivity index (χ4v) is 2.05. The Bertz CT molecular complexity index is 542. The molecule has 0 atom stereocenters. The quantitative estimate of drug-likeness (QED) is 0.908. The summed E-state index contributed by atoms with van der Waals surface area (Å²) in [7, 11) is 0. The van der Waals surface area contributed by atoms with Gasteiger partial charge in [0.15, 0.2) is 0 Å². The van der Waals surface area contributed by atoms with Crippen molar-refractivity contribution in [3.63, 3.8) is 0 Å². The summed E-state index contributed by atoms with van der Waals surface area (Å²) in [5.74, 6) is -1.37. The molecule has 0 amide bonds. The SMILES string of the molecule is O=C(O)c1cccc(Sc2ccc(F)cn2)c1. The molecule has 2 rings (SSSR count). The number of hydrogen-bond donors (Lipinski definition) is 1. The van der Waals surface area contributed by atoms with Crippen molar-refractivity contribution >= 4 is 17.7 Å². The van der Waals surface area contributed by atoms with Gasteiger partial charge in [0.2, 0.25) is 0 Å². The van der Waals surface area contributed by atoms with Gasteiger partial charge in [0.25, 0.3) is 0 Å². The van der Waals surface area contributed by atoms with E-state index in [1.54, 1.807) is 24.3 Å². The molecule has 17 heavy (non-hydrogen) atoms. The van der Waals surface area contributed by atoms with Crippen LogP contribution in [0.2, 0.25) is 0 Å². The first-order valence-electron chi connectivity index (χ1n) is 4.78. The molecule has 1 N–H and O–H groups in total. The minimum absolute atomic E-state index is 0.220. The highest BCUT2D eigenvalue weighted by Gasteiger charge is 2.05. The molecule has 0 aliphatic heterocycles. The van der Waals surface area contributed by atoms with Gasteiger partial charge in [-0.2, -0.15) is 0 Å². The maximum absolute atomic E-state index is 12.6. The van der Waals surface area contributed by atoms with Crippen LogP contribution in [0.3, 0.4) is 0 Å². The van der Waals surface area contributed by atoms with Gasteiger partial charge in [0.1, 0.15) is 10.8 Å². The van der Waals surface area contributed by atoms with Gasteiger partial charge in [-0.25, -0.2) is 14.2 Å². The molecule has 1 aromatic carbocycles. The van der Waals surface area contributed by atoms with Crippen molar-refractivity contribution in [2.24, 2.45) is 0 Å². The largest absolute Gasteiger partial charge is 0.478 e. The lowest BCUT2D eigenvalue weighted by atomic mass is 10.2. The number of rotatable bonds is 3. The van der Waals surface area contributed by atoms with Crippen molar-refractivity contribution < 1.29 is 14.3 Å². The summed E-state index contributed by atoms with van der Waals surface area (Å²) in [6.45, 7) is 0. The van der Waals surface area contributed by atoms with Crippen LogP contribution in [0.4, 0.5) is 4.39 Å². The first-order valence-corrected chi connectivity index (χ1v) is 5.59. The van der Waals surface area contributed by atoms with Crippen LogP contribution in [0.25, 0.3) is 0 Å². The Morgan fingerprint density at radius 3 is 2.76 bits per heavy atom. The number of carboxylic acid groups (broad SMARTS) is 1.